The molecule has 0 bridgehead atoms. The lowest BCUT2D eigenvalue weighted by Gasteiger charge is -2.34. The Labute approximate surface area is 175 Å². The van der Waals surface area contributed by atoms with Crippen molar-refractivity contribution in [3.8, 4) is 40.2 Å². The molecule has 1 aliphatic heterocycles. The number of hydrogen-bond acceptors (Lipinski definition) is 9. The lowest BCUT2D eigenvalue weighted by atomic mass is 9.93. The summed E-state index contributed by atoms with van der Waals surface area (Å²) in [6.07, 6.45) is -2.06. The Morgan fingerprint density at radius 1 is 0.839 bits per heavy atom. The van der Waals surface area contributed by atoms with Crippen LogP contribution in [0.1, 0.15) is 27.6 Å². The van der Waals surface area contributed by atoms with Crippen molar-refractivity contribution in [2.45, 2.75) is 18.6 Å². The van der Waals surface area contributed by atoms with Gasteiger partial charge in [-0.2, -0.15) is 0 Å². The maximum absolute atomic E-state index is 12.6. The highest BCUT2D eigenvalue weighted by Crippen LogP contribution is 2.45. The van der Waals surface area contributed by atoms with Crippen LogP contribution in [0.2, 0.25) is 0 Å². The van der Waals surface area contributed by atoms with Crippen LogP contribution in [0.5, 0.6) is 40.2 Å². The second kappa shape index (κ2) is 7.52. The molecule has 0 radical (unpaired) electrons. The summed E-state index contributed by atoms with van der Waals surface area (Å²) >= 11 is 0. The van der Waals surface area contributed by atoms with Crippen LogP contribution in [0.4, 0.5) is 0 Å². The number of phenolic OH excluding ortho intramolecular Hbond substituents is 6. The van der Waals surface area contributed by atoms with Crippen molar-refractivity contribution >= 4 is 5.97 Å². The number of rotatable bonds is 3. The van der Waals surface area contributed by atoms with E-state index in [0.717, 1.165) is 18.2 Å². The fourth-order valence-electron chi connectivity index (χ4n) is 3.43. The summed E-state index contributed by atoms with van der Waals surface area (Å²) in [4.78, 5) is 12.6. The molecule has 1 heterocycles. The maximum atomic E-state index is 12.6. The molecule has 4 rings (SSSR count). The number of aromatic hydroxyl groups is 6. The van der Waals surface area contributed by atoms with Crippen LogP contribution in [0.3, 0.4) is 0 Å². The minimum Gasteiger partial charge on any atom is -0.508 e. The van der Waals surface area contributed by atoms with Gasteiger partial charge in [0.1, 0.15) is 29.1 Å². The molecule has 2 atom stereocenters. The molecule has 0 fully saturated rings. The monoisotopic (exact) mass is 426 g/mol. The Bertz CT molecular complexity index is 1130. The molecule has 31 heavy (non-hydrogen) atoms. The molecule has 0 amide bonds. The van der Waals surface area contributed by atoms with Crippen LogP contribution in [0.15, 0.2) is 48.5 Å². The van der Waals surface area contributed by atoms with Crippen molar-refractivity contribution in [1.82, 2.24) is 0 Å². The smallest absolute Gasteiger partial charge is 0.338 e. The molecule has 1 unspecified atom stereocenters. The van der Waals surface area contributed by atoms with E-state index in [1.807, 2.05) is 0 Å². The Balaban J connectivity index is 1.73. The lowest BCUT2D eigenvalue weighted by Crippen LogP contribution is -2.34. The molecule has 6 N–H and O–H groups in total. The zero-order valence-corrected chi connectivity index (χ0v) is 15.9. The third-order valence-electron chi connectivity index (χ3n) is 4.95. The van der Waals surface area contributed by atoms with E-state index in [1.165, 1.54) is 30.3 Å². The zero-order chi connectivity index (χ0) is 22.3. The van der Waals surface area contributed by atoms with Gasteiger partial charge in [0.25, 0.3) is 0 Å². The van der Waals surface area contributed by atoms with E-state index in [4.69, 9.17) is 9.47 Å². The van der Waals surface area contributed by atoms with Crippen LogP contribution >= 0.6 is 0 Å². The van der Waals surface area contributed by atoms with Crippen molar-refractivity contribution in [2.24, 2.45) is 0 Å². The average molecular weight is 426 g/mol. The second-order valence-corrected chi connectivity index (χ2v) is 7.08. The van der Waals surface area contributed by atoms with Gasteiger partial charge in [-0.1, -0.05) is 0 Å². The second-order valence-electron chi connectivity index (χ2n) is 7.08. The summed E-state index contributed by atoms with van der Waals surface area (Å²) in [5, 5.41) is 58.8. The van der Waals surface area contributed by atoms with Gasteiger partial charge in [0.2, 0.25) is 0 Å². The van der Waals surface area contributed by atoms with E-state index in [0.29, 0.717) is 5.56 Å². The summed E-state index contributed by atoms with van der Waals surface area (Å²) in [5.74, 6) is -3.05. The quantitative estimate of drug-likeness (QED) is 0.274. The van der Waals surface area contributed by atoms with Gasteiger partial charge in [0, 0.05) is 29.7 Å². The van der Waals surface area contributed by atoms with Crippen LogP contribution < -0.4 is 4.74 Å². The Morgan fingerprint density at radius 3 is 2.13 bits per heavy atom. The zero-order valence-electron chi connectivity index (χ0n) is 15.9. The Hall–Kier alpha value is -4.27. The van der Waals surface area contributed by atoms with Gasteiger partial charge in [-0.3, -0.25) is 0 Å². The van der Waals surface area contributed by atoms with Crippen molar-refractivity contribution in [3.05, 3.63) is 65.2 Å². The number of hydrogen-bond donors (Lipinski definition) is 6. The van der Waals surface area contributed by atoms with Crippen molar-refractivity contribution < 1.29 is 44.9 Å². The summed E-state index contributed by atoms with van der Waals surface area (Å²) < 4.78 is 11.4. The van der Waals surface area contributed by atoms with Gasteiger partial charge in [-0.05, 0) is 36.4 Å². The Morgan fingerprint density at radius 2 is 1.48 bits per heavy atom. The first kappa shape index (κ1) is 20.0. The number of benzene rings is 3. The minimum absolute atomic E-state index is 0.00165. The Kier molecular flexibility index (Phi) is 4.86. The first-order valence-electron chi connectivity index (χ1n) is 9.19. The van der Waals surface area contributed by atoms with Gasteiger partial charge in [0.05, 0.1) is 5.56 Å². The van der Waals surface area contributed by atoms with Gasteiger partial charge < -0.3 is 40.1 Å². The number of phenols is 6. The number of carbonyl (C=O) groups is 1. The summed E-state index contributed by atoms with van der Waals surface area (Å²) in [5.41, 5.74) is 0.642. The van der Waals surface area contributed by atoms with E-state index in [9.17, 15) is 35.4 Å². The molecule has 3 aromatic carbocycles. The predicted octanol–water partition coefficient (Wildman–Crippen LogP) is 2.82. The molecule has 0 saturated heterocycles. The summed E-state index contributed by atoms with van der Waals surface area (Å²) in [6.45, 7) is 0. The van der Waals surface area contributed by atoms with Crippen molar-refractivity contribution in [1.29, 1.82) is 0 Å². The molecule has 0 saturated carbocycles. The third kappa shape index (κ3) is 3.80. The SMILES string of the molecule is O=C(OC1Cc2c(O)cc(O)cc2O[C@@H]1c1cc(O)c(O)c(O)c1)c1ccc(O)cc1. The number of ether oxygens (including phenoxy) is 2. The van der Waals surface area contributed by atoms with Gasteiger partial charge in [-0.15, -0.1) is 0 Å². The molecule has 0 aromatic heterocycles. The highest BCUT2D eigenvalue weighted by atomic mass is 16.6. The van der Waals surface area contributed by atoms with Crippen LogP contribution in [-0.4, -0.2) is 42.7 Å². The van der Waals surface area contributed by atoms with Gasteiger partial charge in [0.15, 0.2) is 23.4 Å². The highest BCUT2D eigenvalue weighted by molar-refractivity contribution is 5.89. The molecule has 3 aromatic rings. The predicted molar refractivity (Wildman–Crippen MR) is 106 cm³/mol. The fraction of sp³-hybridized carbons (Fsp3) is 0.136. The van der Waals surface area contributed by atoms with Crippen molar-refractivity contribution in [2.75, 3.05) is 0 Å². The van der Waals surface area contributed by atoms with Crippen LogP contribution in [0.25, 0.3) is 0 Å². The minimum atomic E-state index is -1.05. The van der Waals surface area contributed by atoms with Crippen LogP contribution in [0, 0.1) is 0 Å². The largest absolute Gasteiger partial charge is 0.508 e. The summed E-state index contributed by atoms with van der Waals surface area (Å²) in [7, 11) is 0. The number of carbonyl (C=O) groups excluding carboxylic acids is 1. The van der Waals surface area contributed by atoms with E-state index in [-0.39, 0.29) is 40.5 Å². The molecule has 9 heteroatoms. The molecule has 0 aliphatic carbocycles. The average Bonchev–Trinajstić information content (AvgIpc) is 2.72. The van der Waals surface area contributed by atoms with Gasteiger partial charge in [-0.25, -0.2) is 4.79 Å². The molecular weight excluding hydrogens is 408 g/mol. The molecule has 1 aliphatic rings. The standard InChI is InChI=1S/C22H18O9/c23-12-3-1-10(2-4-12)22(29)31-19-9-14-15(25)7-13(24)8-18(14)30-21(19)11-5-16(26)20(28)17(27)6-11/h1-8,19,21,23-28H,9H2/t19?,21-/m1/s1. The third-order valence-corrected chi connectivity index (χ3v) is 4.95. The normalized spacial score (nSPS) is 17.4. The fourth-order valence-corrected chi connectivity index (χ4v) is 3.43. The molecular formula is C22H18O9. The molecule has 9 nitrogen and oxygen atoms in total. The number of fused-ring (bicyclic) bond motifs is 1. The van der Waals surface area contributed by atoms with E-state index in [2.05, 4.69) is 0 Å². The maximum Gasteiger partial charge on any atom is 0.338 e. The lowest BCUT2D eigenvalue weighted by molar-refractivity contribution is -0.0188. The molecule has 160 valence electrons. The topological polar surface area (TPSA) is 157 Å². The number of esters is 1. The first-order chi connectivity index (χ1) is 14.7. The first-order valence-corrected chi connectivity index (χ1v) is 9.19. The van der Waals surface area contributed by atoms with E-state index >= 15 is 0 Å². The highest BCUT2D eigenvalue weighted by Gasteiger charge is 2.37. The van der Waals surface area contributed by atoms with Crippen LogP contribution in [-0.2, 0) is 11.2 Å². The van der Waals surface area contributed by atoms with Gasteiger partial charge >= 0.3 is 5.97 Å². The van der Waals surface area contributed by atoms with Crippen molar-refractivity contribution in [3.63, 3.8) is 0 Å². The van der Waals surface area contributed by atoms with E-state index in [1.54, 1.807) is 0 Å². The molecule has 0 spiro atoms. The summed E-state index contributed by atoms with van der Waals surface area (Å²) in [6, 6.07) is 10.1. The van der Waals surface area contributed by atoms with E-state index < -0.39 is 35.4 Å².